The summed E-state index contributed by atoms with van der Waals surface area (Å²) in [7, 11) is 5.65. The number of likely N-dealkylation sites (tertiary alicyclic amines) is 1. The van der Waals surface area contributed by atoms with Crippen molar-refractivity contribution in [3.63, 3.8) is 0 Å². The Bertz CT molecular complexity index is 1340. The van der Waals surface area contributed by atoms with Crippen molar-refractivity contribution >= 4 is 11.8 Å². The van der Waals surface area contributed by atoms with E-state index in [1.807, 2.05) is 85.7 Å². The van der Waals surface area contributed by atoms with Crippen LogP contribution in [-0.2, 0) is 29.1 Å². The Hall–Kier alpha value is -3.88. The third-order valence-electron chi connectivity index (χ3n) is 7.34. The van der Waals surface area contributed by atoms with Crippen LogP contribution in [0.2, 0.25) is 0 Å². The lowest BCUT2D eigenvalue weighted by atomic mass is 9.99. The van der Waals surface area contributed by atoms with E-state index in [1.165, 1.54) is 0 Å². The Morgan fingerprint density at radius 1 is 1.05 bits per heavy atom. The van der Waals surface area contributed by atoms with Crippen LogP contribution in [0.15, 0.2) is 66.7 Å². The van der Waals surface area contributed by atoms with E-state index in [0.29, 0.717) is 61.8 Å². The number of amides is 2. The molecule has 1 N–H and O–H groups in total. The van der Waals surface area contributed by atoms with Crippen molar-refractivity contribution in [3.8, 4) is 17.2 Å². The smallest absolute Gasteiger partial charge is 0.253 e. The summed E-state index contributed by atoms with van der Waals surface area (Å²) in [4.78, 5) is 30.4. The number of nitrogens with zero attached hydrogens (tertiary/aromatic N) is 2. The highest BCUT2D eigenvalue weighted by Crippen LogP contribution is 2.33. The monoisotopic (exact) mass is 543 g/mol. The Kier molecular flexibility index (Phi) is 8.67. The summed E-state index contributed by atoms with van der Waals surface area (Å²) >= 11 is 0. The molecule has 2 atom stereocenters. The van der Waals surface area contributed by atoms with Crippen LogP contribution in [0.25, 0.3) is 0 Å². The maximum absolute atomic E-state index is 13.4. The van der Waals surface area contributed by atoms with Gasteiger partial charge in [0.15, 0.2) is 11.5 Å². The van der Waals surface area contributed by atoms with Crippen molar-refractivity contribution in [3.05, 3.63) is 89.0 Å². The number of aryl methyl sites for hydroxylation is 1. The summed E-state index contributed by atoms with van der Waals surface area (Å²) in [6.07, 6.45) is 1.27. The first kappa shape index (κ1) is 27.7. The van der Waals surface area contributed by atoms with E-state index < -0.39 is 0 Å². The lowest BCUT2D eigenvalue weighted by Crippen LogP contribution is -2.57. The van der Waals surface area contributed by atoms with Crippen LogP contribution in [-0.4, -0.2) is 68.1 Å². The fourth-order valence-electron chi connectivity index (χ4n) is 5.28. The number of rotatable bonds is 4. The van der Waals surface area contributed by atoms with Crippen LogP contribution in [0.1, 0.15) is 39.9 Å². The molecule has 1 fully saturated rings. The molecule has 2 amide bonds. The number of carbonyl (C=O) groups excluding carboxylic acids is 2. The average Bonchev–Trinajstić information content (AvgIpc) is 2.95. The quantitative estimate of drug-likeness (QED) is 0.525. The molecule has 40 heavy (non-hydrogen) atoms. The molecule has 2 heterocycles. The van der Waals surface area contributed by atoms with Crippen molar-refractivity contribution in [2.45, 2.75) is 44.6 Å². The van der Waals surface area contributed by atoms with Crippen LogP contribution < -0.4 is 14.8 Å². The fraction of sp³-hybridized carbons (Fsp3) is 0.375. The van der Waals surface area contributed by atoms with Crippen molar-refractivity contribution in [2.24, 2.45) is 0 Å². The summed E-state index contributed by atoms with van der Waals surface area (Å²) in [6, 6.07) is 21.0. The van der Waals surface area contributed by atoms with E-state index in [2.05, 4.69) is 10.2 Å². The van der Waals surface area contributed by atoms with Crippen LogP contribution in [0.3, 0.4) is 0 Å². The molecule has 2 aliphatic heterocycles. The number of benzene rings is 3. The number of carbonyl (C=O) groups is 2. The van der Waals surface area contributed by atoms with E-state index in [-0.39, 0.29) is 24.0 Å². The van der Waals surface area contributed by atoms with E-state index in [4.69, 9.17) is 14.2 Å². The van der Waals surface area contributed by atoms with Gasteiger partial charge in [-0.25, -0.2) is 0 Å². The molecular formula is C32H37N3O5. The summed E-state index contributed by atoms with van der Waals surface area (Å²) in [5.41, 5.74) is 3.74. The number of hydrogen-bond acceptors (Lipinski definition) is 6. The minimum absolute atomic E-state index is 0.0318. The average molecular weight is 544 g/mol. The molecular weight excluding hydrogens is 506 g/mol. The standard InChI is InChI=1S/C32H37N3O5/c1-34(2)19-23-7-11-25(12-8-23)32(37)35-16-15-28-27(20-35)33-31(36)14-10-22-9-13-29(38-3)30(18-22)40-26-6-4-5-24(17-26)21-39-28/h4-9,11-13,17-18,27-28H,10,14-16,19-21H2,1-3H3,(H,33,36)/t27-,28+/m0/s1. The Labute approximate surface area is 235 Å². The van der Waals surface area contributed by atoms with Gasteiger partial charge in [-0.05, 0) is 80.0 Å². The molecule has 0 radical (unpaired) electrons. The normalized spacial score (nSPS) is 19.5. The first-order valence-electron chi connectivity index (χ1n) is 13.8. The van der Waals surface area contributed by atoms with Gasteiger partial charge in [0.25, 0.3) is 5.91 Å². The maximum Gasteiger partial charge on any atom is 0.253 e. The third kappa shape index (κ3) is 6.81. The molecule has 3 aromatic carbocycles. The van der Waals surface area contributed by atoms with Gasteiger partial charge < -0.3 is 29.3 Å². The summed E-state index contributed by atoms with van der Waals surface area (Å²) < 4.78 is 18.0. The highest BCUT2D eigenvalue weighted by atomic mass is 16.5. The van der Waals surface area contributed by atoms with Gasteiger partial charge >= 0.3 is 0 Å². The zero-order chi connectivity index (χ0) is 28.1. The molecule has 8 nitrogen and oxygen atoms in total. The number of ether oxygens (including phenoxy) is 3. The predicted molar refractivity (Wildman–Crippen MR) is 153 cm³/mol. The highest BCUT2D eigenvalue weighted by Gasteiger charge is 2.33. The zero-order valence-corrected chi connectivity index (χ0v) is 23.4. The van der Waals surface area contributed by atoms with Gasteiger partial charge in [-0.2, -0.15) is 0 Å². The first-order valence-corrected chi connectivity index (χ1v) is 13.8. The van der Waals surface area contributed by atoms with Crippen molar-refractivity contribution in [1.29, 1.82) is 0 Å². The highest BCUT2D eigenvalue weighted by molar-refractivity contribution is 5.94. The molecule has 3 aromatic rings. The minimum Gasteiger partial charge on any atom is -0.493 e. The molecule has 0 saturated carbocycles. The SMILES string of the molecule is COc1ccc2cc1Oc1cccc(c1)CO[C@@H]1CCN(C(=O)c3ccc(CN(C)C)cc3)C[C@@H]1NC(=O)CC2. The second-order valence-corrected chi connectivity index (χ2v) is 10.7. The summed E-state index contributed by atoms with van der Waals surface area (Å²) in [6.45, 7) is 2.14. The van der Waals surface area contributed by atoms with E-state index in [9.17, 15) is 9.59 Å². The van der Waals surface area contributed by atoms with Gasteiger partial charge in [-0.1, -0.05) is 30.3 Å². The van der Waals surface area contributed by atoms with E-state index in [1.54, 1.807) is 7.11 Å². The first-order chi connectivity index (χ1) is 19.4. The second kappa shape index (κ2) is 12.5. The van der Waals surface area contributed by atoms with Gasteiger partial charge in [0, 0.05) is 31.6 Å². The van der Waals surface area contributed by atoms with Crippen LogP contribution >= 0.6 is 0 Å². The van der Waals surface area contributed by atoms with Gasteiger partial charge in [0.05, 0.1) is 25.9 Å². The van der Waals surface area contributed by atoms with Crippen molar-refractivity contribution in [2.75, 3.05) is 34.3 Å². The number of piperidine rings is 1. The molecule has 8 heteroatoms. The van der Waals surface area contributed by atoms with E-state index >= 15 is 0 Å². The largest absolute Gasteiger partial charge is 0.493 e. The second-order valence-electron chi connectivity index (χ2n) is 10.7. The van der Waals surface area contributed by atoms with Gasteiger partial charge in [-0.15, -0.1) is 0 Å². The lowest BCUT2D eigenvalue weighted by molar-refractivity contribution is -0.124. The molecule has 1 saturated heterocycles. The van der Waals surface area contributed by atoms with Crippen molar-refractivity contribution in [1.82, 2.24) is 15.1 Å². The number of hydrogen-bond donors (Lipinski definition) is 1. The minimum atomic E-state index is -0.311. The fourth-order valence-corrected chi connectivity index (χ4v) is 5.28. The maximum atomic E-state index is 13.4. The molecule has 210 valence electrons. The zero-order valence-electron chi connectivity index (χ0n) is 23.4. The Morgan fingerprint density at radius 2 is 1.88 bits per heavy atom. The van der Waals surface area contributed by atoms with Crippen LogP contribution in [0.4, 0.5) is 0 Å². The summed E-state index contributed by atoms with van der Waals surface area (Å²) in [5.74, 6) is 1.81. The molecule has 0 unspecified atom stereocenters. The molecule has 4 bridgehead atoms. The van der Waals surface area contributed by atoms with Gasteiger partial charge in [-0.3, -0.25) is 9.59 Å². The molecule has 0 spiro atoms. The number of nitrogens with one attached hydrogen (secondary N) is 1. The van der Waals surface area contributed by atoms with Gasteiger partial charge in [0.1, 0.15) is 5.75 Å². The number of methoxy groups -OCH3 is 1. The molecule has 5 rings (SSSR count). The molecule has 0 aromatic heterocycles. The van der Waals surface area contributed by atoms with Crippen LogP contribution in [0.5, 0.6) is 17.2 Å². The predicted octanol–water partition coefficient (Wildman–Crippen LogP) is 4.41. The topological polar surface area (TPSA) is 80.3 Å². The Morgan fingerprint density at radius 3 is 2.65 bits per heavy atom. The molecule has 0 aliphatic carbocycles. The van der Waals surface area contributed by atoms with E-state index in [0.717, 1.165) is 23.2 Å². The third-order valence-corrected chi connectivity index (χ3v) is 7.34. The number of fused-ring (bicyclic) bond motifs is 5. The summed E-state index contributed by atoms with van der Waals surface area (Å²) in [5, 5.41) is 3.17. The van der Waals surface area contributed by atoms with Gasteiger partial charge in [0.2, 0.25) is 5.91 Å². The lowest BCUT2D eigenvalue weighted by Gasteiger charge is -2.39. The molecule has 2 aliphatic rings. The Balaban J connectivity index is 1.34. The van der Waals surface area contributed by atoms with Crippen molar-refractivity contribution < 1.29 is 23.8 Å². The van der Waals surface area contributed by atoms with Crippen LogP contribution in [0, 0.1) is 0 Å².